The Morgan fingerprint density at radius 1 is 0.415 bits per heavy atom. The van der Waals surface area contributed by atoms with Crippen molar-refractivity contribution in [2.45, 2.75) is 19.4 Å². The highest BCUT2D eigenvalue weighted by Gasteiger charge is 2.23. The Morgan fingerprint density at radius 3 is 1.63 bits per heavy atom. The highest BCUT2D eigenvalue weighted by molar-refractivity contribution is 7.26. The van der Waals surface area contributed by atoms with E-state index < -0.39 is 0 Å². The lowest BCUT2D eigenvalue weighted by molar-refractivity contribution is 0.860. The van der Waals surface area contributed by atoms with Crippen LogP contribution in [0.3, 0.4) is 0 Å². The molecule has 0 amide bonds. The Bertz CT molecular complexity index is 3620. The van der Waals surface area contributed by atoms with Crippen molar-refractivity contribution in [3.05, 3.63) is 242 Å². The van der Waals surface area contributed by atoms with E-state index in [2.05, 4.69) is 248 Å². The topological polar surface area (TPSA) is 3.24 Å². The molecular weight excluding hydrogens is 803 g/mol. The summed E-state index contributed by atoms with van der Waals surface area (Å²) in [5.41, 5.74) is 16.0. The van der Waals surface area contributed by atoms with Crippen molar-refractivity contribution in [1.82, 2.24) is 0 Å². The van der Waals surface area contributed by atoms with Gasteiger partial charge in [0.2, 0.25) is 0 Å². The Morgan fingerprint density at radius 2 is 0.954 bits per heavy atom. The number of nitrogens with zero attached hydrogens (tertiary/aromatic N) is 1. The van der Waals surface area contributed by atoms with Gasteiger partial charge in [0.25, 0.3) is 0 Å². The second kappa shape index (κ2) is 16.4. The van der Waals surface area contributed by atoms with E-state index in [0.29, 0.717) is 0 Å². The van der Waals surface area contributed by atoms with E-state index in [0.717, 1.165) is 6.42 Å². The lowest BCUT2D eigenvalue weighted by Gasteiger charge is -2.32. The Balaban J connectivity index is 1.06. The molecule has 10 aromatic carbocycles. The summed E-state index contributed by atoms with van der Waals surface area (Å²) >= 11 is 1.89. The molecule has 2 heterocycles. The number of thiophene rings is 1. The molecule has 308 valence electrons. The second-order valence-electron chi connectivity index (χ2n) is 17.2. The van der Waals surface area contributed by atoms with E-state index >= 15 is 0 Å². The van der Waals surface area contributed by atoms with Crippen molar-refractivity contribution in [2.24, 2.45) is 0 Å². The van der Waals surface area contributed by atoms with Crippen molar-refractivity contribution in [3.8, 4) is 55.6 Å². The van der Waals surface area contributed by atoms with Gasteiger partial charge in [0.1, 0.15) is 0 Å². The maximum absolute atomic E-state index is 2.55. The third-order valence-corrected chi connectivity index (χ3v) is 14.5. The highest BCUT2D eigenvalue weighted by Crippen LogP contribution is 2.47. The summed E-state index contributed by atoms with van der Waals surface area (Å²) < 4.78 is 2.67. The van der Waals surface area contributed by atoms with Gasteiger partial charge in [0, 0.05) is 37.6 Å². The Labute approximate surface area is 384 Å². The van der Waals surface area contributed by atoms with Gasteiger partial charge in [-0.05, 0) is 126 Å². The third-order valence-electron chi connectivity index (χ3n) is 13.3. The molecule has 1 atom stereocenters. The van der Waals surface area contributed by atoms with Gasteiger partial charge in [-0.3, -0.25) is 0 Å². The molecule has 11 aromatic rings. The lowest BCUT2D eigenvalue weighted by Crippen LogP contribution is -2.27. The van der Waals surface area contributed by atoms with Crippen LogP contribution < -0.4 is 4.90 Å². The van der Waals surface area contributed by atoms with E-state index in [1.54, 1.807) is 0 Å². The molecular formula is C63H45NS. The Hall–Kier alpha value is -7.78. The average molecular weight is 848 g/mol. The number of hydrogen-bond donors (Lipinski definition) is 0. The van der Waals surface area contributed by atoms with Crippen LogP contribution in [0, 0.1) is 0 Å². The highest BCUT2D eigenvalue weighted by atomic mass is 32.1. The quantitative estimate of drug-likeness (QED) is 0.151. The molecule has 0 spiro atoms. The summed E-state index contributed by atoms with van der Waals surface area (Å²) in [6.45, 7) is 2.32. The minimum absolute atomic E-state index is 0.0879. The van der Waals surface area contributed by atoms with Crippen molar-refractivity contribution < 1.29 is 0 Å². The lowest BCUT2D eigenvalue weighted by atomic mass is 9.85. The van der Waals surface area contributed by atoms with Crippen LogP contribution in [0.1, 0.15) is 12.5 Å². The average Bonchev–Trinajstić information content (AvgIpc) is 3.78. The summed E-state index contributed by atoms with van der Waals surface area (Å²) in [6, 6.07) is 78.7. The van der Waals surface area contributed by atoms with Gasteiger partial charge in [-0.25, -0.2) is 0 Å². The number of allylic oxidation sites excluding steroid dienone is 3. The monoisotopic (exact) mass is 847 g/mol. The Kier molecular flexibility index (Phi) is 9.81. The molecule has 2 heteroatoms. The molecule has 1 nitrogen and oxygen atoms in total. The summed E-state index contributed by atoms with van der Waals surface area (Å²) in [5, 5.41) is 7.62. The summed E-state index contributed by atoms with van der Waals surface area (Å²) in [6.07, 6.45) is 9.88. The first-order valence-corrected chi connectivity index (χ1v) is 23.4. The van der Waals surface area contributed by atoms with Crippen LogP contribution in [-0.2, 0) is 6.42 Å². The van der Waals surface area contributed by atoms with Crippen LogP contribution in [0.4, 0.5) is 11.4 Å². The number of benzene rings is 10. The normalized spacial score (nSPS) is 14.8. The smallest absolute Gasteiger partial charge is 0.0497 e. The maximum Gasteiger partial charge on any atom is 0.0497 e. The van der Waals surface area contributed by atoms with Crippen molar-refractivity contribution in [2.75, 3.05) is 4.90 Å². The third kappa shape index (κ3) is 6.95. The number of anilines is 2. The molecule has 0 saturated heterocycles. The molecule has 0 N–H and O–H groups in total. The molecule has 1 aromatic heterocycles. The SMILES string of the molecule is CC1/C=C\C=C/Cc2cc(-c3cccc4c3sc3ccccc34)ccc2N1c1ccc2c(-c3ccc(-c4ccccc4)cc3)c3ccccc3c(-c3ccc(-c4ccccc4)cc3)c2c1. The zero-order valence-corrected chi connectivity index (χ0v) is 37.0. The predicted molar refractivity (Wildman–Crippen MR) is 282 cm³/mol. The van der Waals surface area contributed by atoms with Gasteiger partial charge in [0.05, 0.1) is 0 Å². The van der Waals surface area contributed by atoms with E-state index in [-0.39, 0.29) is 6.04 Å². The first-order valence-electron chi connectivity index (χ1n) is 22.6. The molecule has 1 unspecified atom stereocenters. The predicted octanol–water partition coefficient (Wildman–Crippen LogP) is 17.9. The molecule has 0 aliphatic carbocycles. The van der Waals surface area contributed by atoms with E-state index in [4.69, 9.17) is 0 Å². The zero-order chi connectivity index (χ0) is 43.3. The fourth-order valence-electron chi connectivity index (χ4n) is 10.2. The first-order chi connectivity index (χ1) is 32.2. The van der Waals surface area contributed by atoms with Crippen LogP contribution in [-0.4, -0.2) is 6.04 Å². The van der Waals surface area contributed by atoms with E-state index in [1.165, 1.54) is 114 Å². The van der Waals surface area contributed by atoms with Crippen molar-refractivity contribution >= 4 is 64.4 Å². The second-order valence-corrected chi connectivity index (χ2v) is 18.2. The molecule has 1 aliphatic heterocycles. The minimum atomic E-state index is 0.0879. The van der Waals surface area contributed by atoms with Gasteiger partial charge in [-0.1, -0.05) is 206 Å². The van der Waals surface area contributed by atoms with Crippen molar-refractivity contribution in [1.29, 1.82) is 0 Å². The molecule has 0 radical (unpaired) electrons. The minimum Gasteiger partial charge on any atom is -0.335 e. The molecule has 0 saturated carbocycles. The van der Waals surface area contributed by atoms with Crippen LogP contribution in [0.15, 0.2) is 237 Å². The van der Waals surface area contributed by atoms with Gasteiger partial charge in [0.15, 0.2) is 0 Å². The molecule has 0 bridgehead atoms. The van der Waals surface area contributed by atoms with Crippen molar-refractivity contribution in [3.63, 3.8) is 0 Å². The van der Waals surface area contributed by atoms with Gasteiger partial charge >= 0.3 is 0 Å². The van der Waals surface area contributed by atoms with Crippen LogP contribution in [0.5, 0.6) is 0 Å². The fraction of sp³-hybridized carbons (Fsp3) is 0.0476. The van der Waals surface area contributed by atoms with Gasteiger partial charge < -0.3 is 4.90 Å². The van der Waals surface area contributed by atoms with Crippen LogP contribution >= 0.6 is 11.3 Å². The largest absolute Gasteiger partial charge is 0.335 e. The number of rotatable bonds is 6. The van der Waals surface area contributed by atoms with Crippen LogP contribution in [0.2, 0.25) is 0 Å². The molecule has 1 aliphatic rings. The fourth-order valence-corrected chi connectivity index (χ4v) is 11.4. The standard InChI is InChI=1S/C63H45NS/c1-42-16-5-2-10-21-50-40-49(52-25-15-26-57-53-22-13-14-27-60(53)65-63(52)57)36-39-59(50)64(42)51-37-38-56-58(41-51)62(48-34-30-46(31-35-48)44-19-8-4-9-20-44)55-24-12-11-23-54(55)61(56)47-32-28-45(29-33-47)43-17-6-3-7-18-43/h2-20,22-42H,21H2,1H3/b10-2-,16-5-. The first kappa shape index (κ1) is 38.9. The molecule has 12 rings (SSSR count). The number of fused-ring (bicyclic) bond motifs is 6. The molecule has 0 fully saturated rings. The maximum atomic E-state index is 2.55. The number of hydrogen-bond acceptors (Lipinski definition) is 2. The summed E-state index contributed by atoms with van der Waals surface area (Å²) in [7, 11) is 0. The van der Waals surface area contributed by atoms with E-state index in [9.17, 15) is 0 Å². The van der Waals surface area contributed by atoms with Crippen LogP contribution in [0.25, 0.3) is 97.4 Å². The molecule has 65 heavy (non-hydrogen) atoms. The zero-order valence-electron chi connectivity index (χ0n) is 36.2. The summed E-state index contributed by atoms with van der Waals surface area (Å²) in [4.78, 5) is 2.55. The summed E-state index contributed by atoms with van der Waals surface area (Å²) in [5.74, 6) is 0. The van der Waals surface area contributed by atoms with Gasteiger partial charge in [-0.15, -0.1) is 11.3 Å². The van der Waals surface area contributed by atoms with E-state index in [1.807, 2.05) is 11.3 Å². The van der Waals surface area contributed by atoms with Gasteiger partial charge in [-0.2, -0.15) is 0 Å².